The molecule has 34 heavy (non-hydrogen) atoms. The first-order chi connectivity index (χ1) is 15.8. The van der Waals surface area contributed by atoms with E-state index in [-0.39, 0.29) is 78.5 Å². The molecule has 16 nitrogen and oxygen atoms in total. The Balaban J connectivity index is 5.13. The predicted molar refractivity (Wildman–Crippen MR) is 121 cm³/mol. The largest absolute Gasteiger partial charge is 0.369 e. The van der Waals surface area contributed by atoms with Gasteiger partial charge < -0.3 is 34.4 Å². The van der Waals surface area contributed by atoms with Crippen LogP contribution in [0.3, 0.4) is 0 Å². The van der Waals surface area contributed by atoms with Crippen molar-refractivity contribution >= 4 is 35.4 Å². The van der Waals surface area contributed by atoms with Crippen molar-refractivity contribution in [2.75, 3.05) is 78.5 Å². The van der Waals surface area contributed by atoms with E-state index in [4.69, 9.17) is 34.4 Å². The predicted octanol–water partition coefficient (Wildman–Crippen LogP) is -6.89. The van der Waals surface area contributed by atoms with Gasteiger partial charge in [-0.3, -0.25) is 48.4 Å². The first-order valence-corrected chi connectivity index (χ1v) is 10.4. The lowest BCUT2D eigenvalue weighted by Gasteiger charge is -2.29. The van der Waals surface area contributed by atoms with Gasteiger partial charge in [-0.2, -0.15) is 0 Å². The number of primary amides is 6. The molecule has 194 valence electrons. The molecule has 0 atom stereocenters. The van der Waals surface area contributed by atoms with Crippen LogP contribution in [0.25, 0.3) is 0 Å². The maximum Gasteiger partial charge on any atom is 0.231 e. The summed E-state index contributed by atoms with van der Waals surface area (Å²) in [4.78, 5) is 74.1. The van der Waals surface area contributed by atoms with Crippen LogP contribution >= 0.6 is 0 Å². The zero-order chi connectivity index (χ0) is 26.3. The first kappa shape index (κ1) is 30.7. The lowest BCUT2D eigenvalue weighted by molar-refractivity contribution is -0.124. The van der Waals surface area contributed by atoms with E-state index in [9.17, 15) is 28.8 Å². The van der Waals surface area contributed by atoms with E-state index in [0.29, 0.717) is 0 Å². The van der Waals surface area contributed by atoms with E-state index >= 15 is 0 Å². The molecule has 0 spiro atoms. The molecule has 6 amide bonds. The Hall–Kier alpha value is -3.34. The normalized spacial score (nSPS) is 11.3. The Morgan fingerprint density at radius 3 is 0.647 bits per heavy atom. The lowest BCUT2D eigenvalue weighted by atomic mass is 10.3. The zero-order valence-corrected chi connectivity index (χ0v) is 19.2. The van der Waals surface area contributed by atoms with E-state index in [2.05, 4.69) is 0 Å². The molecule has 0 aromatic heterocycles. The Morgan fingerprint density at radius 2 is 0.471 bits per heavy atom. The van der Waals surface area contributed by atoms with Gasteiger partial charge in [-0.15, -0.1) is 0 Å². The molecular weight excluding hydrogens is 452 g/mol. The van der Waals surface area contributed by atoms with Crippen molar-refractivity contribution in [1.82, 2.24) is 19.6 Å². The van der Waals surface area contributed by atoms with Crippen molar-refractivity contribution in [1.29, 1.82) is 0 Å². The average molecular weight is 489 g/mol. The van der Waals surface area contributed by atoms with Crippen LogP contribution in [0.5, 0.6) is 0 Å². The zero-order valence-electron chi connectivity index (χ0n) is 19.2. The first-order valence-electron chi connectivity index (χ1n) is 10.4. The summed E-state index contributed by atoms with van der Waals surface area (Å²) < 4.78 is 0. The molecule has 0 bridgehead atoms. The molecule has 0 aliphatic carbocycles. The molecule has 0 aliphatic rings. The number of hydrogen-bond donors (Lipinski definition) is 6. The summed E-state index contributed by atoms with van der Waals surface area (Å²) >= 11 is 0. The average Bonchev–Trinajstić information content (AvgIpc) is 2.64. The van der Waals surface area contributed by atoms with Gasteiger partial charge in [0, 0.05) is 39.3 Å². The maximum atomic E-state index is 11.5. The highest BCUT2D eigenvalue weighted by atomic mass is 16.2. The molecule has 0 unspecified atom stereocenters. The second kappa shape index (κ2) is 16.3. The highest BCUT2D eigenvalue weighted by Gasteiger charge is 2.18. The third-order valence-electron chi connectivity index (χ3n) is 4.47. The third-order valence-corrected chi connectivity index (χ3v) is 4.47. The van der Waals surface area contributed by atoms with Gasteiger partial charge in [0.25, 0.3) is 0 Å². The van der Waals surface area contributed by atoms with Crippen molar-refractivity contribution in [2.24, 2.45) is 34.4 Å². The van der Waals surface area contributed by atoms with Crippen LogP contribution in [-0.2, 0) is 28.8 Å². The van der Waals surface area contributed by atoms with Crippen LogP contribution in [0.15, 0.2) is 0 Å². The van der Waals surface area contributed by atoms with E-state index in [1.54, 1.807) is 9.80 Å². The smallest absolute Gasteiger partial charge is 0.231 e. The number of carbonyl (C=O) groups excluding carboxylic acids is 6. The van der Waals surface area contributed by atoms with Gasteiger partial charge >= 0.3 is 0 Å². The molecule has 12 N–H and O–H groups in total. The maximum absolute atomic E-state index is 11.5. The number of carbonyl (C=O) groups is 6. The minimum absolute atomic E-state index is 0.124. The standard InChI is InChI=1S/C18H36N10O6/c19-13(29)7-25(3-5-27(9-15(21)31)10-16(22)32)1-2-26(8-14(20)30)4-6-28(11-17(23)33)12-18(24)34/h1-12H2,(H2,19,29)(H2,20,30)(H2,21,31)(H2,22,32)(H2,23,33)(H2,24,34). The summed E-state index contributed by atoms with van der Waals surface area (Å²) in [6.07, 6.45) is 0. The van der Waals surface area contributed by atoms with Gasteiger partial charge in [0.15, 0.2) is 0 Å². The second-order valence-corrected chi connectivity index (χ2v) is 7.77. The van der Waals surface area contributed by atoms with Crippen LogP contribution in [0.4, 0.5) is 0 Å². The third kappa shape index (κ3) is 17.2. The summed E-state index contributed by atoms with van der Waals surface area (Å²) in [7, 11) is 0. The Kier molecular flexibility index (Phi) is 14.7. The number of rotatable bonds is 21. The summed E-state index contributed by atoms with van der Waals surface area (Å²) in [5.74, 6) is -3.80. The molecule has 0 rings (SSSR count). The van der Waals surface area contributed by atoms with Gasteiger partial charge in [0.2, 0.25) is 35.4 Å². The molecule has 0 aliphatic heterocycles. The molecule has 0 saturated heterocycles. The van der Waals surface area contributed by atoms with Gasteiger partial charge in [0.05, 0.1) is 39.3 Å². The van der Waals surface area contributed by atoms with Crippen LogP contribution in [-0.4, -0.2) is 134 Å². The van der Waals surface area contributed by atoms with E-state index in [1.807, 2.05) is 0 Å². The Bertz CT molecular complexity index is 642. The number of hydrogen-bond acceptors (Lipinski definition) is 10. The van der Waals surface area contributed by atoms with Crippen molar-refractivity contribution in [3.63, 3.8) is 0 Å². The molecular formula is C18H36N10O6. The fourth-order valence-corrected chi connectivity index (χ4v) is 3.14. The minimum atomic E-state index is -0.646. The summed E-state index contributed by atoms with van der Waals surface area (Å²) in [6, 6.07) is 0. The topological polar surface area (TPSA) is 272 Å². The van der Waals surface area contributed by atoms with Crippen LogP contribution in [0.2, 0.25) is 0 Å². The lowest BCUT2D eigenvalue weighted by Crippen LogP contribution is -2.48. The summed E-state index contributed by atoms with van der Waals surface area (Å²) in [6.45, 7) is 0.362. The SMILES string of the molecule is NC(=O)CN(CCN(CCN(CC(N)=O)CC(N)=O)CC(N)=O)CCN(CC(N)=O)CC(N)=O. The van der Waals surface area contributed by atoms with Gasteiger partial charge in [-0.1, -0.05) is 0 Å². The van der Waals surface area contributed by atoms with Gasteiger partial charge in [-0.05, 0) is 0 Å². The molecule has 0 saturated carbocycles. The quantitative estimate of drug-likeness (QED) is 0.0887. The molecule has 0 aromatic rings. The highest BCUT2D eigenvalue weighted by Crippen LogP contribution is 1.98. The Labute approximate surface area is 197 Å². The number of nitrogens with zero attached hydrogens (tertiary/aromatic N) is 4. The van der Waals surface area contributed by atoms with Crippen molar-refractivity contribution < 1.29 is 28.8 Å². The fraction of sp³-hybridized carbons (Fsp3) is 0.667. The molecule has 0 fully saturated rings. The van der Waals surface area contributed by atoms with Gasteiger partial charge in [0.1, 0.15) is 0 Å². The molecule has 16 heteroatoms. The van der Waals surface area contributed by atoms with Gasteiger partial charge in [-0.25, -0.2) is 0 Å². The van der Waals surface area contributed by atoms with E-state index in [0.717, 1.165) is 0 Å². The van der Waals surface area contributed by atoms with Crippen LogP contribution in [0.1, 0.15) is 0 Å². The second-order valence-electron chi connectivity index (χ2n) is 7.77. The minimum Gasteiger partial charge on any atom is -0.369 e. The Morgan fingerprint density at radius 1 is 0.324 bits per heavy atom. The number of nitrogens with two attached hydrogens (primary N) is 6. The van der Waals surface area contributed by atoms with Crippen LogP contribution < -0.4 is 34.4 Å². The molecule has 0 heterocycles. The summed E-state index contributed by atoms with van der Waals surface area (Å²) in [5.41, 5.74) is 31.4. The molecule has 0 radical (unpaired) electrons. The fourth-order valence-electron chi connectivity index (χ4n) is 3.14. The van der Waals surface area contributed by atoms with Crippen molar-refractivity contribution in [3.8, 4) is 0 Å². The van der Waals surface area contributed by atoms with E-state index in [1.165, 1.54) is 9.80 Å². The van der Waals surface area contributed by atoms with Crippen LogP contribution in [0, 0.1) is 0 Å². The van der Waals surface area contributed by atoms with E-state index < -0.39 is 35.4 Å². The monoisotopic (exact) mass is 488 g/mol. The van der Waals surface area contributed by atoms with Crippen molar-refractivity contribution in [3.05, 3.63) is 0 Å². The molecule has 0 aromatic carbocycles. The summed E-state index contributed by atoms with van der Waals surface area (Å²) in [5, 5.41) is 0. The van der Waals surface area contributed by atoms with Crippen molar-refractivity contribution in [2.45, 2.75) is 0 Å². The highest BCUT2D eigenvalue weighted by molar-refractivity contribution is 5.80. The number of amides is 6.